The van der Waals surface area contributed by atoms with Crippen LogP contribution >= 0.6 is 0 Å². The molecule has 0 amide bonds. The SMILES string of the molecule is [C-]1=CC=CC1.[Cl-].[Cl-].[Ti+4].c1ccc2[cH-]c(-n3ccnc3)cc2c1. The maximum absolute atomic E-state index is 4.03. The molecule has 0 bridgehead atoms. The normalized spacial score (nSPS) is 10.9. The Kier molecular flexibility index (Phi) is 9.96. The van der Waals surface area contributed by atoms with E-state index in [4.69, 9.17) is 0 Å². The number of imidazole rings is 1. The van der Waals surface area contributed by atoms with E-state index in [0.29, 0.717) is 0 Å². The van der Waals surface area contributed by atoms with Gasteiger partial charge in [-0.05, 0) is 5.69 Å². The van der Waals surface area contributed by atoms with Gasteiger partial charge in [-0.15, -0.1) is 47.5 Å². The van der Waals surface area contributed by atoms with E-state index in [9.17, 15) is 0 Å². The first-order valence-electron chi connectivity index (χ1n) is 6.29. The number of hydrogen-bond acceptors (Lipinski definition) is 1. The number of hydrogen-bond donors (Lipinski definition) is 0. The third-order valence-electron chi connectivity index (χ3n) is 2.99. The van der Waals surface area contributed by atoms with Crippen LogP contribution in [0.2, 0.25) is 0 Å². The van der Waals surface area contributed by atoms with Crippen molar-refractivity contribution in [3.05, 3.63) is 79.4 Å². The van der Waals surface area contributed by atoms with E-state index < -0.39 is 0 Å². The summed E-state index contributed by atoms with van der Waals surface area (Å²) in [6.45, 7) is 0. The summed E-state index contributed by atoms with van der Waals surface area (Å²) >= 11 is 0. The second-order valence-corrected chi connectivity index (χ2v) is 4.32. The van der Waals surface area contributed by atoms with Gasteiger partial charge in [0.15, 0.2) is 0 Å². The van der Waals surface area contributed by atoms with Gasteiger partial charge in [0.05, 0.1) is 6.33 Å². The maximum atomic E-state index is 4.03. The summed E-state index contributed by atoms with van der Waals surface area (Å²) in [4.78, 5) is 4.03. The second-order valence-electron chi connectivity index (χ2n) is 4.32. The molecular weight excluding hydrogens is 351 g/mol. The number of allylic oxidation sites excluding steroid dienone is 4. The monoisotopic (exact) mass is 364 g/mol. The van der Waals surface area contributed by atoms with Crippen LogP contribution in [0.1, 0.15) is 6.42 Å². The summed E-state index contributed by atoms with van der Waals surface area (Å²) in [5.74, 6) is 0. The van der Waals surface area contributed by atoms with Gasteiger partial charge in [0.25, 0.3) is 0 Å². The number of fused-ring (bicyclic) bond motifs is 1. The molecule has 0 spiro atoms. The summed E-state index contributed by atoms with van der Waals surface area (Å²) in [5.41, 5.74) is 1.17. The Morgan fingerprint density at radius 2 is 2.00 bits per heavy atom. The standard InChI is InChI=1S/C12H9N2.C5H5.2ClH.Ti/c1-2-4-11-8-12(7-10(11)3-1)14-6-5-13-9-14;1-2-4-5-3-1;;;/h1-9H;1-3H,4H2;2*1H;/q2*-1;;;+4/p-2. The van der Waals surface area contributed by atoms with Crippen molar-refractivity contribution in [3.63, 3.8) is 0 Å². The van der Waals surface area contributed by atoms with Crippen LogP contribution in [0.4, 0.5) is 0 Å². The van der Waals surface area contributed by atoms with Crippen molar-refractivity contribution >= 4 is 10.8 Å². The van der Waals surface area contributed by atoms with Crippen molar-refractivity contribution in [2.45, 2.75) is 6.42 Å². The van der Waals surface area contributed by atoms with Gasteiger partial charge in [0.2, 0.25) is 0 Å². The number of nitrogens with zero attached hydrogens (tertiary/aromatic N) is 2. The topological polar surface area (TPSA) is 17.8 Å². The quantitative estimate of drug-likeness (QED) is 0.363. The van der Waals surface area contributed by atoms with E-state index in [1.807, 2.05) is 29.2 Å². The molecule has 1 heterocycles. The van der Waals surface area contributed by atoms with E-state index >= 15 is 0 Å². The molecule has 4 rings (SSSR count). The van der Waals surface area contributed by atoms with E-state index in [2.05, 4.69) is 53.5 Å². The minimum atomic E-state index is 0. The molecule has 0 fully saturated rings. The Labute approximate surface area is 158 Å². The van der Waals surface area contributed by atoms with E-state index in [1.165, 1.54) is 16.5 Å². The van der Waals surface area contributed by atoms with Gasteiger partial charge in [0.1, 0.15) is 0 Å². The molecule has 3 aromatic rings. The van der Waals surface area contributed by atoms with Crippen molar-refractivity contribution in [1.82, 2.24) is 9.55 Å². The first-order chi connectivity index (χ1) is 9.43. The van der Waals surface area contributed by atoms with Crippen LogP contribution in [0, 0.1) is 6.08 Å². The molecule has 0 saturated heterocycles. The summed E-state index contributed by atoms with van der Waals surface area (Å²) < 4.78 is 2.01. The Bertz CT molecular complexity index is 672. The molecule has 5 heteroatoms. The van der Waals surface area contributed by atoms with Crippen molar-refractivity contribution in [3.8, 4) is 5.69 Å². The van der Waals surface area contributed by atoms with Gasteiger partial charge in [-0.25, -0.2) is 17.1 Å². The zero-order valence-corrected chi connectivity index (χ0v) is 14.9. The predicted octanol–water partition coefficient (Wildman–Crippen LogP) is -1.94. The van der Waals surface area contributed by atoms with Crippen molar-refractivity contribution in [2.24, 2.45) is 0 Å². The predicted molar refractivity (Wildman–Crippen MR) is 78.2 cm³/mol. The van der Waals surface area contributed by atoms with Crippen LogP contribution in [-0.2, 0) is 21.7 Å². The van der Waals surface area contributed by atoms with Crippen LogP contribution in [0.15, 0.2) is 73.3 Å². The fourth-order valence-electron chi connectivity index (χ4n) is 2.04. The molecule has 2 aromatic carbocycles. The molecule has 0 radical (unpaired) electrons. The van der Waals surface area contributed by atoms with Crippen LogP contribution in [0.25, 0.3) is 16.5 Å². The third kappa shape index (κ3) is 5.22. The van der Waals surface area contributed by atoms with Crippen LogP contribution < -0.4 is 24.8 Å². The van der Waals surface area contributed by atoms with Gasteiger partial charge >= 0.3 is 21.7 Å². The molecule has 0 aliphatic heterocycles. The molecule has 1 aliphatic rings. The van der Waals surface area contributed by atoms with E-state index in [-0.39, 0.29) is 46.5 Å². The number of aromatic nitrogens is 2. The maximum Gasteiger partial charge on any atom is 4.00 e. The van der Waals surface area contributed by atoms with Gasteiger partial charge in [-0.3, -0.25) is 6.08 Å². The molecule has 0 N–H and O–H groups in total. The summed E-state index contributed by atoms with van der Waals surface area (Å²) in [6.07, 6.45) is 15.6. The first kappa shape index (κ1) is 20.8. The van der Waals surface area contributed by atoms with Crippen LogP contribution in [-0.4, -0.2) is 9.55 Å². The van der Waals surface area contributed by atoms with Gasteiger partial charge in [-0.1, -0.05) is 6.07 Å². The van der Waals surface area contributed by atoms with Gasteiger partial charge < -0.3 is 29.4 Å². The van der Waals surface area contributed by atoms with Crippen molar-refractivity contribution in [1.29, 1.82) is 0 Å². The Balaban J connectivity index is 0.000000482. The molecule has 2 nitrogen and oxygen atoms in total. The average Bonchev–Trinajstić information content (AvgIpc) is 3.20. The van der Waals surface area contributed by atoms with Crippen LogP contribution in [0.3, 0.4) is 0 Å². The first-order valence-corrected chi connectivity index (χ1v) is 6.29. The summed E-state index contributed by atoms with van der Waals surface area (Å²) in [6, 6.07) is 12.7. The number of rotatable bonds is 1. The minimum absolute atomic E-state index is 0. The largest absolute Gasteiger partial charge is 4.00 e. The van der Waals surface area contributed by atoms with Gasteiger partial charge in [0, 0.05) is 12.4 Å². The van der Waals surface area contributed by atoms with Crippen LogP contribution in [0.5, 0.6) is 0 Å². The smallest absolute Gasteiger partial charge is 1.00 e. The Morgan fingerprint density at radius 3 is 2.55 bits per heavy atom. The van der Waals surface area contributed by atoms with Crippen molar-refractivity contribution < 1.29 is 46.5 Å². The summed E-state index contributed by atoms with van der Waals surface area (Å²) in [5, 5.41) is 2.55. The Hall–Kier alpha value is -1.19. The van der Waals surface area contributed by atoms with Gasteiger partial charge in [-0.2, -0.15) is 6.08 Å². The van der Waals surface area contributed by atoms with Crippen molar-refractivity contribution in [2.75, 3.05) is 0 Å². The molecule has 1 aliphatic carbocycles. The molecule has 0 unspecified atom stereocenters. The fourth-order valence-corrected chi connectivity index (χ4v) is 2.04. The molecule has 0 saturated carbocycles. The fraction of sp³-hybridized carbons (Fsp3) is 0.0588. The van der Waals surface area contributed by atoms with E-state index in [0.717, 1.165) is 6.42 Å². The molecule has 22 heavy (non-hydrogen) atoms. The third-order valence-corrected chi connectivity index (χ3v) is 2.99. The average molecular weight is 365 g/mol. The molecular formula is C17H14Cl2N2Ti. The van der Waals surface area contributed by atoms with E-state index in [1.54, 1.807) is 6.20 Å². The zero-order chi connectivity index (χ0) is 12.9. The second kappa shape index (κ2) is 10.5. The summed E-state index contributed by atoms with van der Waals surface area (Å²) in [7, 11) is 0. The molecule has 1 aromatic heterocycles. The number of benzene rings is 1. The molecule has 110 valence electrons. The minimum Gasteiger partial charge on any atom is -1.00 e. The number of halogens is 2. The Morgan fingerprint density at radius 1 is 1.18 bits per heavy atom. The molecule has 0 atom stereocenters. The zero-order valence-electron chi connectivity index (χ0n) is 11.8.